The van der Waals surface area contributed by atoms with Gasteiger partial charge in [-0.25, -0.2) is 8.42 Å². The molecule has 0 radical (unpaired) electrons. The number of benzene rings is 2. The average molecular weight is 427 g/mol. The molecule has 1 aliphatic rings. The summed E-state index contributed by atoms with van der Waals surface area (Å²) < 4.78 is 28.5. The first-order chi connectivity index (χ1) is 10.4. The van der Waals surface area contributed by atoms with Crippen molar-refractivity contribution in [2.45, 2.75) is 24.7 Å². The highest BCUT2D eigenvalue weighted by Crippen LogP contribution is 2.40. The Kier molecular flexibility index (Phi) is 4.20. The van der Waals surface area contributed by atoms with Crippen molar-refractivity contribution in [2.75, 3.05) is 15.3 Å². The molecule has 0 N–H and O–H groups in total. The maximum absolute atomic E-state index is 13.0. The molecular formula is C17H18INO2S. The molecule has 116 valence electrons. The maximum Gasteiger partial charge on any atom is 0.264 e. The van der Waals surface area contributed by atoms with E-state index in [4.69, 9.17) is 0 Å². The van der Waals surface area contributed by atoms with E-state index in [1.807, 2.05) is 32.0 Å². The molecule has 0 aromatic heterocycles. The van der Waals surface area contributed by atoms with Crippen molar-refractivity contribution in [2.24, 2.45) is 0 Å². The third-order valence-corrected chi connectivity index (χ3v) is 6.93. The number of nitrogens with zero attached hydrogens (tertiary/aromatic N) is 1. The summed E-state index contributed by atoms with van der Waals surface area (Å²) in [5.41, 5.74) is 4.11. The Morgan fingerprint density at radius 2 is 1.73 bits per heavy atom. The predicted molar refractivity (Wildman–Crippen MR) is 98.5 cm³/mol. The van der Waals surface area contributed by atoms with Crippen LogP contribution >= 0.6 is 22.6 Å². The monoisotopic (exact) mass is 427 g/mol. The molecule has 0 saturated carbocycles. The van der Waals surface area contributed by atoms with Gasteiger partial charge in [0, 0.05) is 16.9 Å². The third-order valence-electron chi connectivity index (χ3n) is 4.08. The highest BCUT2D eigenvalue weighted by molar-refractivity contribution is 14.1. The Balaban J connectivity index is 2.09. The first kappa shape index (κ1) is 15.8. The Hall–Kier alpha value is -1.08. The number of hydrogen-bond donors (Lipinski definition) is 0. The summed E-state index contributed by atoms with van der Waals surface area (Å²) in [4.78, 5) is 0.361. The van der Waals surface area contributed by atoms with Gasteiger partial charge in [0.1, 0.15) is 0 Å². The van der Waals surface area contributed by atoms with Crippen LogP contribution in [-0.2, 0) is 10.0 Å². The number of aryl methyl sites for hydroxylation is 2. The molecule has 2 aromatic rings. The summed E-state index contributed by atoms with van der Waals surface area (Å²) in [5, 5.41) is 0. The van der Waals surface area contributed by atoms with E-state index in [2.05, 4.69) is 34.7 Å². The summed E-state index contributed by atoms with van der Waals surface area (Å²) in [6, 6.07) is 13.2. The molecule has 2 aromatic carbocycles. The van der Waals surface area contributed by atoms with Gasteiger partial charge in [0.15, 0.2) is 0 Å². The molecule has 1 unspecified atom stereocenters. The Morgan fingerprint density at radius 3 is 2.36 bits per heavy atom. The zero-order valence-corrected chi connectivity index (χ0v) is 15.6. The fraction of sp³-hybridized carbons (Fsp3) is 0.294. The molecule has 1 aliphatic heterocycles. The fourth-order valence-electron chi connectivity index (χ4n) is 2.81. The molecular weight excluding hydrogens is 409 g/mol. The predicted octanol–water partition coefficient (Wildman–Crippen LogP) is 4.03. The molecule has 0 bridgehead atoms. The number of halogens is 1. The summed E-state index contributed by atoms with van der Waals surface area (Å²) in [6.45, 7) is 4.48. The lowest BCUT2D eigenvalue weighted by Crippen LogP contribution is -2.30. The molecule has 0 spiro atoms. The average Bonchev–Trinajstić information content (AvgIpc) is 2.86. The zero-order valence-electron chi connectivity index (χ0n) is 12.6. The van der Waals surface area contributed by atoms with Crippen molar-refractivity contribution in [3.63, 3.8) is 0 Å². The summed E-state index contributed by atoms with van der Waals surface area (Å²) in [5.74, 6) is 0.261. The van der Waals surface area contributed by atoms with Crippen LogP contribution < -0.4 is 4.31 Å². The normalized spacial score (nSPS) is 17.6. The molecule has 3 nitrogen and oxygen atoms in total. The number of rotatable bonds is 3. The van der Waals surface area contributed by atoms with Gasteiger partial charge in [0.25, 0.3) is 10.0 Å². The first-order valence-electron chi connectivity index (χ1n) is 7.19. The van der Waals surface area contributed by atoms with Gasteiger partial charge < -0.3 is 0 Å². The Bertz CT molecular complexity index is 800. The minimum Gasteiger partial charge on any atom is -0.265 e. The van der Waals surface area contributed by atoms with Crippen LogP contribution in [0.3, 0.4) is 0 Å². The van der Waals surface area contributed by atoms with E-state index in [0.29, 0.717) is 11.4 Å². The molecule has 0 amide bonds. The van der Waals surface area contributed by atoms with Crippen molar-refractivity contribution >= 4 is 38.3 Å². The maximum atomic E-state index is 13.0. The molecule has 0 fully saturated rings. The zero-order chi connectivity index (χ0) is 15.9. The van der Waals surface area contributed by atoms with Gasteiger partial charge in [0.05, 0.1) is 10.6 Å². The minimum atomic E-state index is -3.50. The van der Waals surface area contributed by atoms with Crippen LogP contribution in [-0.4, -0.2) is 19.4 Å². The van der Waals surface area contributed by atoms with Crippen LogP contribution in [0, 0.1) is 13.8 Å². The van der Waals surface area contributed by atoms with Crippen molar-refractivity contribution in [1.82, 2.24) is 0 Å². The standard InChI is InChI=1S/C17H18INO2S/c1-12-3-6-15(7-4-12)22(20,21)19-11-14(10-18)16-8-5-13(2)9-17(16)19/h3-9,14H,10-11H2,1-2H3. The Labute approximate surface area is 145 Å². The van der Waals surface area contributed by atoms with E-state index in [-0.39, 0.29) is 5.92 Å². The highest BCUT2D eigenvalue weighted by atomic mass is 127. The number of sulfonamides is 1. The van der Waals surface area contributed by atoms with Crippen LogP contribution in [0.2, 0.25) is 0 Å². The first-order valence-corrected chi connectivity index (χ1v) is 10.2. The summed E-state index contributed by atoms with van der Waals surface area (Å²) in [7, 11) is -3.50. The molecule has 1 heterocycles. The van der Waals surface area contributed by atoms with E-state index in [1.54, 1.807) is 16.4 Å². The smallest absolute Gasteiger partial charge is 0.264 e. The largest absolute Gasteiger partial charge is 0.265 e. The van der Waals surface area contributed by atoms with Crippen LogP contribution in [0.15, 0.2) is 47.4 Å². The van der Waals surface area contributed by atoms with Crippen molar-refractivity contribution in [3.8, 4) is 0 Å². The fourth-order valence-corrected chi connectivity index (χ4v) is 5.09. The van der Waals surface area contributed by atoms with E-state index in [9.17, 15) is 8.42 Å². The molecule has 0 saturated heterocycles. The van der Waals surface area contributed by atoms with Gasteiger partial charge in [-0.05, 0) is 43.2 Å². The minimum absolute atomic E-state index is 0.261. The van der Waals surface area contributed by atoms with Crippen molar-refractivity contribution in [1.29, 1.82) is 0 Å². The van der Waals surface area contributed by atoms with Crippen LogP contribution in [0.4, 0.5) is 5.69 Å². The van der Waals surface area contributed by atoms with E-state index in [1.165, 1.54) is 0 Å². The lowest BCUT2D eigenvalue weighted by Gasteiger charge is -2.20. The summed E-state index contributed by atoms with van der Waals surface area (Å²) in [6.07, 6.45) is 0. The molecule has 3 rings (SSSR count). The third kappa shape index (κ3) is 2.65. The summed E-state index contributed by atoms with van der Waals surface area (Å²) >= 11 is 2.33. The number of hydrogen-bond acceptors (Lipinski definition) is 2. The van der Waals surface area contributed by atoms with Gasteiger partial charge in [-0.1, -0.05) is 52.4 Å². The van der Waals surface area contributed by atoms with Crippen LogP contribution in [0.25, 0.3) is 0 Å². The van der Waals surface area contributed by atoms with Gasteiger partial charge >= 0.3 is 0 Å². The van der Waals surface area contributed by atoms with Gasteiger partial charge in [-0.2, -0.15) is 0 Å². The van der Waals surface area contributed by atoms with Crippen molar-refractivity contribution < 1.29 is 8.42 Å². The molecule has 5 heteroatoms. The van der Waals surface area contributed by atoms with Crippen LogP contribution in [0.5, 0.6) is 0 Å². The number of alkyl halides is 1. The van der Waals surface area contributed by atoms with E-state index < -0.39 is 10.0 Å². The topological polar surface area (TPSA) is 37.4 Å². The number of fused-ring (bicyclic) bond motifs is 1. The lowest BCUT2D eigenvalue weighted by atomic mass is 10.0. The second-order valence-electron chi connectivity index (χ2n) is 5.76. The van der Waals surface area contributed by atoms with Crippen molar-refractivity contribution in [3.05, 3.63) is 59.2 Å². The van der Waals surface area contributed by atoms with E-state index >= 15 is 0 Å². The second-order valence-corrected chi connectivity index (χ2v) is 8.51. The van der Waals surface area contributed by atoms with Gasteiger partial charge in [-0.3, -0.25) is 4.31 Å². The molecule has 1 atom stereocenters. The van der Waals surface area contributed by atoms with E-state index in [0.717, 1.165) is 26.8 Å². The number of anilines is 1. The van der Waals surface area contributed by atoms with Crippen LogP contribution in [0.1, 0.15) is 22.6 Å². The Morgan fingerprint density at radius 1 is 1.09 bits per heavy atom. The SMILES string of the molecule is Cc1ccc(S(=O)(=O)N2CC(CI)c3ccc(C)cc32)cc1. The van der Waals surface area contributed by atoms with Gasteiger partial charge in [0.2, 0.25) is 0 Å². The molecule has 0 aliphatic carbocycles. The quantitative estimate of drug-likeness (QED) is 0.548. The second kappa shape index (κ2) is 5.85. The lowest BCUT2D eigenvalue weighted by molar-refractivity contribution is 0.591. The molecule has 22 heavy (non-hydrogen) atoms. The van der Waals surface area contributed by atoms with Gasteiger partial charge in [-0.15, -0.1) is 0 Å². The highest BCUT2D eigenvalue weighted by Gasteiger charge is 2.36.